The van der Waals surface area contributed by atoms with E-state index < -0.39 is 17.7 Å². The SMILES string of the molecule is CCN(CC)CCN1C(=O)C(=O)/C(=C(/O)c2ccc(OC(C)C)cc2)C1c1cccc(Cl)c1. The van der Waals surface area contributed by atoms with Crippen LogP contribution in [0.2, 0.25) is 5.02 Å². The molecule has 1 saturated heterocycles. The standard InChI is InChI=1S/C26H31ClN2O4/c1-5-28(6-2)14-15-29-23(19-8-7-9-20(27)16-19)22(25(31)26(29)32)24(30)18-10-12-21(13-11-18)33-17(3)4/h7-13,16-17,23,30H,5-6,14-15H2,1-4H3/b24-22+. The summed E-state index contributed by atoms with van der Waals surface area (Å²) in [4.78, 5) is 29.9. The zero-order chi connectivity index (χ0) is 24.1. The number of aliphatic hydroxyl groups excluding tert-OH is 1. The molecule has 0 radical (unpaired) electrons. The maximum Gasteiger partial charge on any atom is 0.295 e. The molecule has 176 valence electrons. The maximum atomic E-state index is 13.1. The van der Waals surface area contributed by atoms with Crippen molar-refractivity contribution in [1.29, 1.82) is 0 Å². The van der Waals surface area contributed by atoms with Gasteiger partial charge in [0.05, 0.1) is 17.7 Å². The third-order valence-corrected chi connectivity index (χ3v) is 5.99. The van der Waals surface area contributed by atoms with E-state index in [1.807, 2.05) is 19.9 Å². The van der Waals surface area contributed by atoms with Gasteiger partial charge < -0.3 is 19.6 Å². The van der Waals surface area contributed by atoms with E-state index in [2.05, 4.69) is 18.7 Å². The number of benzene rings is 2. The highest BCUT2D eigenvalue weighted by Gasteiger charge is 2.46. The number of hydrogen-bond donors (Lipinski definition) is 1. The first-order valence-corrected chi connectivity index (χ1v) is 11.7. The molecule has 1 N–H and O–H groups in total. The van der Waals surface area contributed by atoms with E-state index in [-0.39, 0.29) is 17.4 Å². The smallest absolute Gasteiger partial charge is 0.295 e. The summed E-state index contributed by atoms with van der Waals surface area (Å²) < 4.78 is 5.66. The third-order valence-electron chi connectivity index (χ3n) is 5.76. The first-order chi connectivity index (χ1) is 15.8. The highest BCUT2D eigenvalue weighted by atomic mass is 35.5. The van der Waals surface area contributed by atoms with Crippen molar-refractivity contribution in [3.63, 3.8) is 0 Å². The van der Waals surface area contributed by atoms with Crippen molar-refractivity contribution in [3.05, 3.63) is 70.3 Å². The number of carbonyl (C=O) groups is 2. The molecular weight excluding hydrogens is 440 g/mol. The van der Waals surface area contributed by atoms with Crippen molar-refractivity contribution in [2.45, 2.75) is 39.8 Å². The number of nitrogens with zero attached hydrogens (tertiary/aromatic N) is 2. The van der Waals surface area contributed by atoms with Crippen molar-refractivity contribution in [2.75, 3.05) is 26.2 Å². The summed E-state index contributed by atoms with van der Waals surface area (Å²) >= 11 is 6.23. The summed E-state index contributed by atoms with van der Waals surface area (Å²) in [6.45, 7) is 10.6. The van der Waals surface area contributed by atoms with Crippen molar-refractivity contribution < 1.29 is 19.4 Å². The third kappa shape index (κ3) is 5.57. The first kappa shape index (κ1) is 24.8. The summed E-state index contributed by atoms with van der Waals surface area (Å²) in [5.74, 6) is -0.861. The number of amides is 1. The molecule has 1 unspecified atom stereocenters. The van der Waals surface area contributed by atoms with Gasteiger partial charge in [-0.05, 0) is 68.9 Å². The van der Waals surface area contributed by atoms with Crippen LogP contribution >= 0.6 is 11.6 Å². The highest BCUT2D eigenvalue weighted by Crippen LogP contribution is 2.40. The van der Waals surface area contributed by atoms with Crippen LogP contribution in [0.4, 0.5) is 0 Å². The van der Waals surface area contributed by atoms with E-state index >= 15 is 0 Å². The molecule has 6 nitrogen and oxygen atoms in total. The second-order valence-electron chi connectivity index (χ2n) is 8.27. The largest absolute Gasteiger partial charge is 0.507 e. The molecule has 3 rings (SSSR count). The van der Waals surface area contributed by atoms with E-state index in [9.17, 15) is 14.7 Å². The van der Waals surface area contributed by atoms with Crippen LogP contribution in [0.15, 0.2) is 54.1 Å². The van der Waals surface area contributed by atoms with Gasteiger partial charge in [-0.1, -0.05) is 37.6 Å². The van der Waals surface area contributed by atoms with Gasteiger partial charge in [0.1, 0.15) is 11.5 Å². The van der Waals surface area contributed by atoms with Gasteiger partial charge in [0.2, 0.25) is 0 Å². The minimum absolute atomic E-state index is 0.0170. The Morgan fingerprint density at radius 3 is 2.36 bits per heavy atom. The molecule has 7 heteroatoms. The maximum absolute atomic E-state index is 13.1. The van der Waals surface area contributed by atoms with Gasteiger partial charge in [0.15, 0.2) is 0 Å². The molecule has 2 aromatic carbocycles. The lowest BCUT2D eigenvalue weighted by Crippen LogP contribution is -2.38. The molecule has 0 aromatic heterocycles. The summed E-state index contributed by atoms with van der Waals surface area (Å²) in [7, 11) is 0. The predicted molar refractivity (Wildman–Crippen MR) is 130 cm³/mol. The molecule has 0 aliphatic carbocycles. The second kappa shape index (κ2) is 10.9. The van der Waals surface area contributed by atoms with Crippen LogP contribution in [0.5, 0.6) is 5.75 Å². The molecule has 33 heavy (non-hydrogen) atoms. The van der Waals surface area contributed by atoms with E-state index in [0.717, 1.165) is 13.1 Å². The Labute approximate surface area is 200 Å². The quantitative estimate of drug-likeness (QED) is 0.321. The van der Waals surface area contributed by atoms with Crippen molar-refractivity contribution in [3.8, 4) is 5.75 Å². The summed E-state index contributed by atoms with van der Waals surface area (Å²) in [6.07, 6.45) is 0.0170. The number of ketones is 1. The van der Waals surface area contributed by atoms with E-state index in [4.69, 9.17) is 16.3 Å². The zero-order valence-electron chi connectivity index (χ0n) is 19.5. The molecule has 1 amide bonds. The lowest BCUT2D eigenvalue weighted by molar-refractivity contribution is -0.140. The van der Waals surface area contributed by atoms with E-state index in [1.54, 1.807) is 42.5 Å². The molecular formula is C26H31ClN2O4. The Morgan fingerprint density at radius 2 is 1.79 bits per heavy atom. The Bertz CT molecular complexity index is 1030. The van der Waals surface area contributed by atoms with Gasteiger partial charge in [-0.3, -0.25) is 9.59 Å². The van der Waals surface area contributed by atoms with E-state index in [0.29, 0.717) is 35.0 Å². The van der Waals surface area contributed by atoms with Crippen molar-refractivity contribution >= 4 is 29.1 Å². The average molecular weight is 471 g/mol. The Kier molecular flexibility index (Phi) is 8.16. The van der Waals surface area contributed by atoms with Crippen LogP contribution < -0.4 is 4.74 Å². The number of hydrogen-bond acceptors (Lipinski definition) is 5. The van der Waals surface area contributed by atoms with Crippen LogP contribution in [0, 0.1) is 0 Å². The molecule has 1 heterocycles. The van der Waals surface area contributed by atoms with Crippen LogP contribution in [-0.2, 0) is 9.59 Å². The Hall–Kier alpha value is -2.83. The minimum Gasteiger partial charge on any atom is -0.507 e. The predicted octanol–water partition coefficient (Wildman–Crippen LogP) is 4.89. The molecule has 1 aliphatic heterocycles. The average Bonchev–Trinajstić information content (AvgIpc) is 3.04. The number of carbonyl (C=O) groups excluding carboxylic acids is 2. The molecule has 1 atom stereocenters. The van der Waals surface area contributed by atoms with Crippen LogP contribution in [0.25, 0.3) is 5.76 Å². The van der Waals surface area contributed by atoms with Gasteiger partial charge in [0.25, 0.3) is 11.7 Å². The molecule has 0 bridgehead atoms. The summed E-state index contributed by atoms with van der Waals surface area (Å²) in [5, 5.41) is 11.7. The number of rotatable bonds is 9. The van der Waals surface area contributed by atoms with Gasteiger partial charge in [-0.25, -0.2) is 0 Å². The molecule has 1 aliphatic rings. The zero-order valence-corrected chi connectivity index (χ0v) is 20.3. The fourth-order valence-electron chi connectivity index (χ4n) is 4.04. The number of halogens is 1. The van der Waals surface area contributed by atoms with Crippen LogP contribution in [-0.4, -0.2) is 58.9 Å². The van der Waals surface area contributed by atoms with Crippen molar-refractivity contribution in [2.24, 2.45) is 0 Å². The van der Waals surface area contributed by atoms with Crippen molar-refractivity contribution in [1.82, 2.24) is 9.80 Å². The normalized spacial score (nSPS) is 17.9. The molecule has 0 saturated carbocycles. The summed E-state index contributed by atoms with van der Waals surface area (Å²) in [5.41, 5.74) is 1.20. The highest BCUT2D eigenvalue weighted by molar-refractivity contribution is 6.46. The fourth-order valence-corrected chi connectivity index (χ4v) is 4.24. The first-order valence-electron chi connectivity index (χ1n) is 11.3. The fraction of sp³-hybridized carbons (Fsp3) is 0.385. The van der Waals surface area contributed by atoms with Crippen LogP contribution in [0.1, 0.15) is 44.9 Å². The van der Waals surface area contributed by atoms with Gasteiger partial charge in [-0.2, -0.15) is 0 Å². The Balaban J connectivity index is 2.05. The lowest BCUT2D eigenvalue weighted by Gasteiger charge is -2.28. The number of ether oxygens (including phenoxy) is 1. The second-order valence-corrected chi connectivity index (χ2v) is 8.70. The van der Waals surface area contributed by atoms with E-state index in [1.165, 1.54) is 4.90 Å². The summed E-state index contributed by atoms with van der Waals surface area (Å²) in [6, 6.07) is 13.2. The minimum atomic E-state index is -0.717. The molecule has 2 aromatic rings. The van der Waals surface area contributed by atoms with Crippen LogP contribution in [0.3, 0.4) is 0 Å². The number of likely N-dealkylation sites (N-methyl/N-ethyl adjacent to an activating group) is 1. The lowest BCUT2D eigenvalue weighted by atomic mass is 9.95. The number of Topliss-reactive ketones (excluding diaryl/α,β-unsaturated/α-hetero) is 1. The molecule has 1 fully saturated rings. The number of aliphatic hydroxyl groups is 1. The van der Waals surface area contributed by atoms with Gasteiger partial charge in [-0.15, -0.1) is 0 Å². The monoisotopic (exact) mass is 470 g/mol. The molecule has 0 spiro atoms. The topological polar surface area (TPSA) is 70.1 Å². The van der Waals surface area contributed by atoms with Gasteiger partial charge >= 0.3 is 0 Å². The Morgan fingerprint density at radius 1 is 1.12 bits per heavy atom. The van der Waals surface area contributed by atoms with Gasteiger partial charge in [0, 0.05) is 23.7 Å². The number of likely N-dealkylation sites (tertiary alicyclic amines) is 1.